The van der Waals surface area contributed by atoms with Gasteiger partial charge in [-0.15, -0.1) is 12.8 Å². The van der Waals surface area contributed by atoms with Gasteiger partial charge in [-0.25, -0.2) is 4.39 Å². The predicted molar refractivity (Wildman–Crippen MR) is 194 cm³/mol. The molecule has 4 aliphatic heterocycles. The summed E-state index contributed by atoms with van der Waals surface area (Å²) in [7, 11) is 3.41. The third kappa shape index (κ3) is 5.32. The third-order valence-corrected chi connectivity index (χ3v) is 9.95. The molecule has 8 rings (SSSR count). The normalized spacial score (nSPS) is 22.2. The van der Waals surface area contributed by atoms with Crippen molar-refractivity contribution in [3.8, 4) is 24.7 Å². The van der Waals surface area contributed by atoms with Gasteiger partial charge in [-0.3, -0.25) is 24.2 Å². The molecule has 260 valence electrons. The van der Waals surface area contributed by atoms with Crippen LogP contribution in [0.5, 0.6) is 0 Å². The molecule has 9 nitrogen and oxygen atoms in total. The lowest BCUT2D eigenvalue weighted by atomic mass is 9.89. The number of halogens is 1. The minimum Gasteiger partial charge on any atom is -0.464 e. The number of rotatable bonds is 2. The van der Waals surface area contributed by atoms with E-state index in [4.69, 9.17) is 22.3 Å². The van der Waals surface area contributed by atoms with Crippen LogP contribution in [0.1, 0.15) is 40.3 Å². The zero-order valence-electron chi connectivity index (χ0n) is 28.9. The number of benzene rings is 4. The number of allylic oxidation sites excluding steroid dienone is 1. The predicted octanol–water partition coefficient (Wildman–Crippen LogP) is 4.92. The first kappa shape index (κ1) is 34.3. The number of ether oxygens (including phenoxy) is 2. The summed E-state index contributed by atoms with van der Waals surface area (Å²) in [4.78, 5) is 44.9. The van der Waals surface area contributed by atoms with Crippen molar-refractivity contribution >= 4 is 29.1 Å². The van der Waals surface area contributed by atoms with Crippen molar-refractivity contribution in [1.29, 1.82) is 0 Å². The van der Waals surface area contributed by atoms with Gasteiger partial charge in [0.05, 0.1) is 24.5 Å². The second-order valence-corrected chi connectivity index (χ2v) is 12.8. The Hall–Kier alpha value is -6.20. The highest BCUT2D eigenvalue weighted by molar-refractivity contribution is 6.01. The molecular formula is C42H35FN4O5. The van der Waals surface area contributed by atoms with Crippen LogP contribution in [0.4, 0.5) is 15.8 Å². The lowest BCUT2D eigenvalue weighted by Gasteiger charge is -2.45. The number of likely N-dealkylation sites (N-methyl/N-ethyl adjacent to an activating group) is 2. The maximum absolute atomic E-state index is 14.8. The second-order valence-electron chi connectivity index (χ2n) is 12.8. The lowest BCUT2D eigenvalue weighted by molar-refractivity contribution is -0.161. The first-order chi connectivity index (χ1) is 25.0. The standard InChI is InChI=1S/C22H18N2O3.C20H17FN2O2/c1-4-16-10-11-19-18(13-16)22(17-8-6-5-7-9-17)24(14-21(26)23(19)3)20(25)12-15(2)27-22;1-3-14-8-9-18-16(12-14)20(15-6-4-5-7-17(15)21)23(10-11-25-20)13-19(24)22(18)2/h1,5-13H,14H2,2-3H3;1,4-9,12H,10-11,13H2,2H3. The van der Waals surface area contributed by atoms with Crippen LogP contribution < -0.4 is 9.80 Å². The highest BCUT2D eigenvalue weighted by atomic mass is 19.1. The van der Waals surface area contributed by atoms with Gasteiger partial charge < -0.3 is 19.3 Å². The van der Waals surface area contributed by atoms with Crippen LogP contribution >= 0.6 is 0 Å². The molecule has 3 amide bonds. The molecule has 0 spiro atoms. The largest absolute Gasteiger partial charge is 0.464 e. The zero-order valence-corrected chi connectivity index (χ0v) is 28.9. The van der Waals surface area contributed by atoms with Gasteiger partial charge in [0, 0.05) is 60.1 Å². The molecule has 0 N–H and O–H groups in total. The summed E-state index contributed by atoms with van der Waals surface area (Å²) in [5, 5.41) is 0. The summed E-state index contributed by atoms with van der Waals surface area (Å²) in [5.74, 6) is 4.81. The van der Waals surface area contributed by atoms with Crippen molar-refractivity contribution in [3.05, 3.63) is 142 Å². The number of anilines is 2. The van der Waals surface area contributed by atoms with E-state index in [1.165, 1.54) is 17.0 Å². The van der Waals surface area contributed by atoms with Gasteiger partial charge in [0.1, 0.15) is 18.1 Å². The first-order valence-corrected chi connectivity index (χ1v) is 16.7. The molecule has 4 aromatic rings. The molecule has 4 aromatic carbocycles. The van der Waals surface area contributed by atoms with Crippen LogP contribution in [0.25, 0.3) is 0 Å². The maximum atomic E-state index is 14.8. The van der Waals surface area contributed by atoms with Crippen LogP contribution in [0, 0.1) is 30.5 Å². The van der Waals surface area contributed by atoms with Gasteiger partial charge in [-0.2, -0.15) is 0 Å². The Kier molecular flexibility index (Phi) is 8.67. The Balaban J connectivity index is 0.000000162. The summed E-state index contributed by atoms with van der Waals surface area (Å²) in [5.41, 5.74) is 2.73. The number of amides is 3. The number of hydrogen-bond acceptors (Lipinski definition) is 6. The number of hydrogen-bond donors (Lipinski definition) is 0. The fourth-order valence-corrected chi connectivity index (χ4v) is 7.43. The van der Waals surface area contributed by atoms with E-state index < -0.39 is 11.4 Å². The molecule has 0 radical (unpaired) electrons. The van der Waals surface area contributed by atoms with Gasteiger partial charge in [0.2, 0.25) is 17.5 Å². The van der Waals surface area contributed by atoms with Crippen molar-refractivity contribution in [1.82, 2.24) is 9.80 Å². The molecule has 4 heterocycles. The van der Waals surface area contributed by atoms with Crippen LogP contribution in [-0.2, 0) is 35.3 Å². The van der Waals surface area contributed by atoms with Gasteiger partial charge in [0.15, 0.2) is 5.72 Å². The molecule has 1 saturated heterocycles. The van der Waals surface area contributed by atoms with E-state index in [1.807, 2.05) is 47.4 Å². The highest BCUT2D eigenvalue weighted by Gasteiger charge is 2.53. The quantitative estimate of drug-likeness (QED) is 0.277. The molecule has 2 unspecified atom stereocenters. The number of carbonyl (C=O) groups excluding carboxylic acids is 3. The third-order valence-electron chi connectivity index (χ3n) is 9.95. The lowest BCUT2D eigenvalue weighted by Crippen LogP contribution is -2.54. The van der Waals surface area contributed by atoms with Gasteiger partial charge in [0.25, 0.3) is 5.91 Å². The van der Waals surface area contributed by atoms with Gasteiger partial charge in [-0.05, 0) is 49.4 Å². The number of carbonyl (C=O) groups is 3. The average Bonchev–Trinajstić information content (AvgIpc) is 3.51. The second kappa shape index (κ2) is 13.2. The summed E-state index contributed by atoms with van der Waals surface area (Å²) < 4.78 is 27.3. The van der Waals surface area contributed by atoms with E-state index in [2.05, 4.69) is 11.8 Å². The summed E-state index contributed by atoms with van der Waals surface area (Å²) in [6.07, 6.45) is 12.6. The van der Waals surface area contributed by atoms with Crippen LogP contribution in [0.3, 0.4) is 0 Å². The Bertz CT molecular complexity index is 2240. The minimum atomic E-state index is -1.26. The van der Waals surface area contributed by atoms with Crippen molar-refractivity contribution in [2.75, 3.05) is 50.1 Å². The summed E-state index contributed by atoms with van der Waals surface area (Å²) >= 11 is 0. The number of terminal acetylenes is 2. The summed E-state index contributed by atoms with van der Waals surface area (Å²) in [6.45, 7) is 2.72. The van der Waals surface area contributed by atoms with E-state index in [0.717, 1.165) is 5.56 Å². The SMILES string of the molecule is C#Cc1ccc2c(c1)C1(c3ccccc3)OC(C)=CC(=O)N1CC(=O)N2C.C#Cc1ccc2c(c1)C1(c3ccccc3F)OCCN1CC(=O)N2C. The van der Waals surface area contributed by atoms with Crippen molar-refractivity contribution in [2.24, 2.45) is 0 Å². The van der Waals surface area contributed by atoms with Crippen LogP contribution in [0.15, 0.2) is 103 Å². The number of fused-ring (bicyclic) bond motifs is 6. The fraction of sp³-hybridized carbons (Fsp3) is 0.214. The first-order valence-electron chi connectivity index (χ1n) is 16.7. The smallest absolute Gasteiger partial charge is 0.254 e. The average molecular weight is 695 g/mol. The molecule has 52 heavy (non-hydrogen) atoms. The molecule has 10 heteroatoms. The Morgan fingerprint density at radius 3 is 1.92 bits per heavy atom. The molecule has 0 saturated carbocycles. The molecule has 0 aliphatic carbocycles. The van der Waals surface area contributed by atoms with Gasteiger partial charge in [-0.1, -0.05) is 60.4 Å². The van der Waals surface area contributed by atoms with E-state index in [0.29, 0.717) is 58.1 Å². The van der Waals surface area contributed by atoms with E-state index in [9.17, 15) is 18.8 Å². The van der Waals surface area contributed by atoms with E-state index in [1.54, 1.807) is 73.3 Å². The van der Waals surface area contributed by atoms with Crippen molar-refractivity contribution in [2.45, 2.75) is 18.4 Å². The molecule has 4 aliphatic rings. The van der Waals surface area contributed by atoms with Crippen molar-refractivity contribution in [3.63, 3.8) is 0 Å². The molecule has 2 atom stereocenters. The highest BCUT2D eigenvalue weighted by Crippen LogP contribution is 2.48. The Morgan fingerprint density at radius 1 is 0.731 bits per heavy atom. The Labute approximate surface area is 301 Å². The number of nitrogens with zero attached hydrogens (tertiary/aromatic N) is 4. The van der Waals surface area contributed by atoms with E-state index >= 15 is 0 Å². The topological polar surface area (TPSA) is 82.6 Å². The van der Waals surface area contributed by atoms with Gasteiger partial charge >= 0.3 is 0 Å². The minimum absolute atomic E-state index is 0.0709. The van der Waals surface area contributed by atoms with Crippen LogP contribution in [-0.4, -0.2) is 67.9 Å². The van der Waals surface area contributed by atoms with Crippen LogP contribution in [0.2, 0.25) is 0 Å². The molecule has 1 fully saturated rings. The van der Waals surface area contributed by atoms with E-state index in [-0.39, 0.29) is 36.6 Å². The Morgan fingerprint density at radius 2 is 1.31 bits per heavy atom. The fourth-order valence-electron chi connectivity index (χ4n) is 7.43. The maximum Gasteiger partial charge on any atom is 0.254 e. The summed E-state index contributed by atoms with van der Waals surface area (Å²) in [6, 6.07) is 26.8. The van der Waals surface area contributed by atoms with Crippen molar-refractivity contribution < 1.29 is 28.2 Å². The zero-order chi connectivity index (χ0) is 36.8. The molecule has 0 bridgehead atoms. The molecular weight excluding hydrogens is 659 g/mol. The monoisotopic (exact) mass is 694 g/mol. The molecule has 0 aromatic heterocycles.